The van der Waals surface area contributed by atoms with Gasteiger partial charge in [0.1, 0.15) is 5.66 Å². The molecule has 3 aliphatic rings. The van der Waals surface area contributed by atoms with Crippen molar-refractivity contribution in [2.75, 3.05) is 13.1 Å². The average molecular weight is 308 g/mol. The molecule has 3 rings (SSSR count). The van der Waals surface area contributed by atoms with E-state index in [9.17, 15) is 9.59 Å². The molecular weight excluding hydrogens is 280 g/mol. The van der Waals surface area contributed by atoms with Crippen LogP contribution in [-0.2, 0) is 9.59 Å². The Kier molecular flexibility index (Phi) is 4.98. The second-order valence-corrected chi connectivity index (χ2v) is 6.92. The van der Waals surface area contributed by atoms with Gasteiger partial charge < -0.3 is 21.3 Å². The second-order valence-electron chi connectivity index (χ2n) is 6.92. The van der Waals surface area contributed by atoms with E-state index in [0.29, 0.717) is 0 Å². The molecule has 2 heterocycles. The van der Waals surface area contributed by atoms with Crippen molar-refractivity contribution >= 4 is 11.8 Å². The largest absolute Gasteiger partial charge is 0.332 e. The highest BCUT2D eigenvalue weighted by atomic mass is 16.2. The Morgan fingerprint density at radius 2 is 1.27 bits per heavy atom. The van der Waals surface area contributed by atoms with Crippen LogP contribution in [0.15, 0.2) is 0 Å². The minimum Gasteiger partial charge on any atom is -0.332 e. The van der Waals surface area contributed by atoms with E-state index >= 15 is 0 Å². The van der Waals surface area contributed by atoms with Crippen molar-refractivity contribution in [2.45, 2.75) is 75.5 Å². The Labute approximate surface area is 132 Å². The summed E-state index contributed by atoms with van der Waals surface area (Å²) in [6.07, 6.45) is 8.82. The zero-order chi connectivity index (χ0) is 15.4. The molecule has 0 bridgehead atoms. The first-order valence-corrected chi connectivity index (χ1v) is 8.79. The molecule has 22 heavy (non-hydrogen) atoms. The Morgan fingerprint density at radius 1 is 0.773 bits per heavy atom. The number of amides is 2. The number of carbonyl (C=O) groups is 2. The van der Waals surface area contributed by atoms with Crippen LogP contribution in [0, 0.1) is 0 Å². The van der Waals surface area contributed by atoms with E-state index < -0.39 is 5.66 Å². The van der Waals surface area contributed by atoms with Gasteiger partial charge >= 0.3 is 0 Å². The second kappa shape index (κ2) is 6.96. The fraction of sp³-hybridized carbons (Fsp3) is 0.875. The molecule has 1 saturated carbocycles. The van der Waals surface area contributed by atoms with E-state index in [1.54, 1.807) is 0 Å². The van der Waals surface area contributed by atoms with Crippen molar-refractivity contribution in [1.82, 2.24) is 21.3 Å². The smallest absolute Gasteiger partial charge is 0.238 e. The summed E-state index contributed by atoms with van der Waals surface area (Å²) in [6, 6.07) is -0.194. The predicted molar refractivity (Wildman–Crippen MR) is 84.2 cm³/mol. The van der Waals surface area contributed by atoms with Crippen LogP contribution in [0.4, 0.5) is 0 Å². The first-order chi connectivity index (χ1) is 10.7. The summed E-state index contributed by atoms with van der Waals surface area (Å²) >= 11 is 0. The van der Waals surface area contributed by atoms with Crippen molar-refractivity contribution in [1.29, 1.82) is 0 Å². The maximum atomic E-state index is 12.5. The van der Waals surface area contributed by atoms with Crippen molar-refractivity contribution in [3.05, 3.63) is 0 Å². The molecule has 1 aliphatic carbocycles. The first kappa shape index (κ1) is 15.7. The lowest BCUT2D eigenvalue weighted by Crippen LogP contribution is -2.65. The highest BCUT2D eigenvalue weighted by Crippen LogP contribution is 2.27. The SMILES string of the molecule is O=C(NC1(NC(=O)[C@@H]2CCCN2)CCCCC1)[C@@H]1CCCN1. The summed E-state index contributed by atoms with van der Waals surface area (Å²) in [4.78, 5) is 25.0. The van der Waals surface area contributed by atoms with Crippen molar-refractivity contribution in [3.8, 4) is 0 Å². The fourth-order valence-electron chi connectivity index (χ4n) is 3.90. The van der Waals surface area contributed by atoms with E-state index in [0.717, 1.165) is 64.5 Å². The summed E-state index contributed by atoms with van der Waals surface area (Å²) in [7, 11) is 0. The van der Waals surface area contributed by atoms with Gasteiger partial charge in [0.2, 0.25) is 11.8 Å². The van der Waals surface area contributed by atoms with E-state index in [-0.39, 0.29) is 23.9 Å². The molecule has 0 aromatic carbocycles. The van der Waals surface area contributed by atoms with Gasteiger partial charge in [0.25, 0.3) is 0 Å². The lowest BCUT2D eigenvalue weighted by Gasteiger charge is -2.40. The van der Waals surface area contributed by atoms with Crippen LogP contribution in [0.2, 0.25) is 0 Å². The van der Waals surface area contributed by atoms with Crippen LogP contribution < -0.4 is 21.3 Å². The standard InChI is InChI=1S/C16H28N4O2/c21-14(12-6-4-10-17-12)19-16(8-2-1-3-9-16)20-15(22)13-7-5-11-18-13/h12-13,17-18H,1-11H2,(H,19,21)(H,20,22)/t12-,13-/m0/s1. The van der Waals surface area contributed by atoms with Crippen LogP contribution in [0.3, 0.4) is 0 Å². The van der Waals surface area contributed by atoms with E-state index in [1.165, 1.54) is 6.42 Å². The number of hydrogen-bond donors (Lipinski definition) is 4. The normalized spacial score (nSPS) is 30.9. The van der Waals surface area contributed by atoms with Gasteiger partial charge in [-0.15, -0.1) is 0 Å². The summed E-state index contributed by atoms with van der Waals surface area (Å²) in [5, 5.41) is 12.8. The summed E-state index contributed by atoms with van der Waals surface area (Å²) in [5.41, 5.74) is -0.541. The fourth-order valence-corrected chi connectivity index (χ4v) is 3.90. The highest BCUT2D eigenvalue weighted by molar-refractivity contribution is 5.86. The third-order valence-electron chi connectivity index (χ3n) is 5.19. The summed E-state index contributed by atoms with van der Waals surface area (Å²) < 4.78 is 0. The molecular formula is C16H28N4O2. The summed E-state index contributed by atoms with van der Waals surface area (Å²) in [6.45, 7) is 1.81. The molecule has 124 valence electrons. The monoisotopic (exact) mass is 308 g/mol. The zero-order valence-corrected chi connectivity index (χ0v) is 13.2. The number of rotatable bonds is 4. The predicted octanol–water partition coefficient (Wildman–Crippen LogP) is 0.383. The average Bonchev–Trinajstić information content (AvgIpc) is 3.21. The lowest BCUT2D eigenvalue weighted by atomic mass is 9.88. The molecule has 0 spiro atoms. The van der Waals surface area contributed by atoms with Crippen LogP contribution in [0.5, 0.6) is 0 Å². The Morgan fingerprint density at radius 3 is 1.68 bits per heavy atom. The molecule has 2 amide bonds. The number of hydrogen-bond acceptors (Lipinski definition) is 4. The van der Waals surface area contributed by atoms with Gasteiger partial charge in [-0.25, -0.2) is 0 Å². The Bertz CT molecular complexity index is 376. The van der Waals surface area contributed by atoms with Crippen molar-refractivity contribution in [3.63, 3.8) is 0 Å². The Balaban J connectivity index is 1.64. The molecule has 6 nitrogen and oxygen atoms in total. The van der Waals surface area contributed by atoms with Crippen molar-refractivity contribution in [2.24, 2.45) is 0 Å². The van der Waals surface area contributed by atoms with Crippen molar-refractivity contribution < 1.29 is 9.59 Å². The Hall–Kier alpha value is -1.14. The number of nitrogens with one attached hydrogen (secondary N) is 4. The van der Waals surface area contributed by atoms with Gasteiger partial charge in [-0.3, -0.25) is 9.59 Å². The molecule has 3 fully saturated rings. The maximum Gasteiger partial charge on any atom is 0.238 e. The van der Waals surface area contributed by atoms with Crippen LogP contribution in [0.1, 0.15) is 57.8 Å². The van der Waals surface area contributed by atoms with Gasteiger partial charge in [-0.2, -0.15) is 0 Å². The van der Waals surface area contributed by atoms with E-state index in [1.807, 2.05) is 0 Å². The first-order valence-electron chi connectivity index (χ1n) is 8.79. The highest BCUT2D eigenvalue weighted by Gasteiger charge is 2.38. The molecule has 0 aromatic heterocycles. The van der Waals surface area contributed by atoms with Crippen LogP contribution in [0.25, 0.3) is 0 Å². The van der Waals surface area contributed by atoms with Gasteiger partial charge in [0.05, 0.1) is 12.1 Å². The molecule has 2 saturated heterocycles. The van der Waals surface area contributed by atoms with Crippen LogP contribution >= 0.6 is 0 Å². The van der Waals surface area contributed by atoms with Gasteiger partial charge in [0, 0.05) is 0 Å². The molecule has 0 unspecified atom stereocenters. The molecule has 2 atom stereocenters. The minimum absolute atomic E-state index is 0.0408. The topological polar surface area (TPSA) is 82.3 Å². The van der Waals surface area contributed by atoms with Gasteiger partial charge in [-0.1, -0.05) is 6.42 Å². The van der Waals surface area contributed by atoms with E-state index in [2.05, 4.69) is 21.3 Å². The zero-order valence-electron chi connectivity index (χ0n) is 13.2. The lowest BCUT2D eigenvalue weighted by molar-refractivity contribution is -0.129. The number of carbonyl (C=O) groups excluding carboxylic acids is 2. The molecule has 6 heteroatoms. The van der Waals surface area contributed by atoms with Gasteiger partial charge in [-0.05, 0) is 64.5 Å². The third-order valence-corrected chi connectivity index (χ3v) is 5.19. The molecule has 4 N–H and O–H groups in total. The molecule has 2 aliphatic heterocycles. The molecule has 0 radical (unpaired) electrons. The minimum atomic E-state index is -0.541. The van der Waals surface area contributed by atoms with E-state index in [4.69, 9.17) is 0 Å². The van der Waals surface area contributed by atoms with Crippen LogP contribution in [-0.4, -0.2) is 42.7 Å². The summed E-state index contributed by atoms with van der Waals surface area (Å²) in [5.74, 6) is 0.0816. The third kappa shape index (κ3) is 3.60. The molecule has 0 aromatic rings. The quantitative estimate of drug-likeness (QED) is 0.566. The maximum absolute atomic E-state index is 12.5. The van der Waals surface area contributed by atoms with Gasteiger partial charge in [0.15, 0.2) is 0 Å².